The van der Waals surface area contributed by atoms with Crippen molar-refractivity contribution in [2.75, 3.05) is 5.32 Å². The molecule has 2 rings (SSSR count). The quantitative estimate of drug-likeness (QED) is 0.500. The smallest absolute Gasteiger partial charge is 0.271 e. The largest absolute Gasteiger partial charge is 0.324 e. The van der Waals surface area contributed by atoms with E-state index in [0.717, 1.165) is 4.90 Å². The third-order valence-corrected chi connectivity index (χ3v) is 4.29. The van der Waals surface area contributed by atoms with Gasteiger partial charge in [-0.25, -0.2) is 0 Å². The maximum absolute atomic E-state index is 12.2. The molecule has 5 nitrogen and oxygen atoms in total. The number of amides is 1. The zero-order valence-electron chi connectivity index (χ0n) is 11.7. The molecule has 0 saturated heterocycles. The molecule has 0 unspecified atom stereocenters. The third kappa shape index (κ3) is 4.22. The first kappa shape index (κ1) is 16.3. The molecule has 0 aliphatic heterocycles. The molecule has 1 atom stereocenters. The van der Waals surface area contributed by atoms with Crippen molar-refractivity contribution in [3.8, 4) is 0 Å². The number of benzene rings is 2. The summed E-state index contributed by atoms with van der Waals surface area (Å²) < 4.78 is 0. The van der Waals surface area contributed by atoms with E-state index in [-0.39, 0.29) is 27.6 Å². The first-order chi connectivity index (χ1) is 10.5. The Labute approximate surface area is 136 Å². The average molecular weight is 337 g/mol. The minimum atomic E-state index is -0.534. The SMILES string of the molecule is C[C@@H](Sc1ccccc1)C(=O)Nc1cc([N+](=O)[O-])ccc1Cl. The number of anilines is 1. The first-order valence-corrected chi connectivity index (χ1v) is 7.69. The zero-order chi connectivity index (χ0) is 16.1. The van der Waals surface area contributed by atoms with Gasteiger partial charge in [-0.2, -0.15) is 0 Å². The van der Waals surface area contributed by atoms with Crippen molar-refractivity contribution in [1.82, 2.24) is 0 Å². The number of nitro benzene ring substituents is 1. The maximum Gasteiger partial charge on any atom is 0.271 e. The summed E-state index contributed by atoms with van der Waals surface area (Å²) in [6.07, 6.45) is 0. The van der Waals surface area contributed by atoms with E-state index in [2.05, 4.69) is 5.32 Å². The molecule has 114 valence electrons. The number of hydrogen-bond acceptors (Lipinski definition) is 4. The van der Waals surface area contributed by atoms with E-state index in [4.69, 9.17) is 11.6 Å². The van der Waals surface area contributed by atoms with Crippen LogP contribution in [0.1, 0.15) is 6.92 Å². The molecule has 0 spiro atoms. The Bertz CT molecular complexity index is 694. The second-order valence-corrected chi connectivity index (χ2v) is 6.31. The second-order valence-electron chi connectivity index (χ2n) is 4.48. The van der Waals surface area contributed by atoms with Crippen molar-refractivity contribution < 1.29 is 9.72 Å². The van der Waals surface area contributed by atoms with Gasteiger partial charge < -0.3 is 5.32 Å². The summed E-state index contributed by atoms with van der Waals surface area (Å²) >= 11 is 7.36. The Morgan fingerprint density at radius 3 is 2.59 bits per heavy atom. The van der Waals surface area contributed by atoms with Gasteiger partial charge in [0.1, 0.15) is 0 Å². The number of carbonyl (C=O) groups excluding carboxylic acids is 1. The normalized spacial score (nSPS) is 11.7. The topological polar surface area (TPSA) is 72.2 Å². The van der Waals surface area contributed by atoms with E-state index in [9.17, 15) is 14.9 Å². The van der Waals surface area contributed by atoms with Crippen LogP contribution in [0.3, 0.4) is 0 Å². The summed E-state index contributed by atoms with van der Waals surface area (Å²) in [6, 6.07) is 13.4. The van der Waals surface area contributed by atoms with E-state index in [1.54, 1.807) is 6.92 Å². The van der Waals surface area contributed by atoms with Crippen LogP contribution in [0.5, 0.6) is 0 Å². The van der Waals surface area contributed by atoms with Crippen LogP contribution < -0.4 is 5.32 Å². The number of rotatable bonds is 5. The number of nitrogens with zero attached hydrogens (tertiary/aromatic N) is 1. The fraction of sp³-hybridized carbons (Fsp3) is 0.133. The van der Waals surface area contributed by atoms with Gasteiger partial charge >= 0.3 is 0 Å². The summed E-state index contributed by atoms with van der Waals surface area (Å²) in [5, 5.41) is 13.3. The van der Waals surface area contributed by atoms with Gasteiger partial charge in [0.25, 0.3) is 5.69 Å². The molecule has 7 heteroatoms. The molecular formula is C15H13ClN2O3S. The average Bonchev–Trinajstić information content (AvgIpc) is 2.50. The summed E-state index contributed by atoms with van der Waals surface area (Å²) in [6.45, 7) is 1.76. The Morgan fingerprint density at radius 1 is 1.27 bits per heavy atom. The van der Waals surface area contributed by atoms with Gasteiger partial charge in [0.05, 0.1) is 20.9 Å². The lowest BCUT2D eigenvalue weighted by molar-refractivity contribution is -0.384. The molecule has 2 aromatic rings. The molecule has 0 aliphatic rings. The lowest BCUT2D eigenvalue weighted by atomic mass is 10.2. The van der Waals surface area contributed by atoms with Crippen LogP contribution in [0.2, 0.25) is 5.02 Å². The van der Waals surface area contributed by atoms with Gasteiger partial charge in [-0.1, -0.05) is 29.8 Å². The number of nitro groups is 1. The Kier molecular flexibility index (Phi) is 5.41. The van der Waals surface area contributed by atoms with Gasteiger partial charge in [-0.3, -0.25) is 14.9 Å². The van der Waals surface area contributed by atoms with E-state index >= 15 is 0 Å². The lowest BCUT2D eigenvalue weighted by Gasteiger charge is -2.12. The van der Waals surface area contributed by atoms with Crippen LogP contribution in [-0.2, 0) is 4.79 Å². The van der Waals surface area contributed by atoms with Crippen molar-refractivity contribution >= 4 is 40.6 Å². The molecule has 0 heterocycles. The molecule has 1 amide bonds. The molecule has 0 saturated carbocycles. The van der Waals surface area contributed by atoms with Crippen molar-refractivity contribution in [3.05, 3.63) is 63.7 Å². The van der Waals surface area contributed by atoms with Crippen molar-refractivity contribution in [2.45, 2.75) is 17.1 Å². The fourth-order valence-electron chi connectivity index (χ4n) is 1.71. The van der Waals surface area contributed by atoms with Crippen LogP contribution in [0, 0.1) is 10.1 Å². The molecule has 0 radical (unpaired) electrons. The predicted molar refractivity (Wildman–Crippen MR) is 88.5 cm³/mol. The molecule has 1 N–H and O–H groups in total. The van der Waals surface area contributed by atoms with Gasteiger partial charge in [0, 0.05) is 17.0 Å². The van der Waals surface area contributed by atoms with Crippen LogP contribution in [0.15, 0.2) is 53.4 Å². The molecule has 2 aromatic carbocycles. The summed E-state index contributed by atoms with van der Waals surface area (Å²) in [5.74, 6) is -0.267. The highest BCUT2D eigenvalue weighted by Crippen LogP contribution is 2.28. The van der Waals surface area contributed by atoms with Gasteiger partial charge in [0.2, 0.25) is 5.91 Å². The number of hydrogen-bond donors (Lipinski definition) is 1. The van der Waals surface area contributed by atoms with Crippen molar-refractivity contribution in [2.24, 2.45) is 0 Å². The summed E-state index contributed by atoms with van der Waals surface area (Å²) in [4.78, 5) is 23.4. The van der Waals surface area contributed by atoms with Crippen LogP contribution in [0.4, 0.5) is 11.4 Å². The predicted octanol–water partition coefficient (Wildman–Crippen LogP) is 4.37. The molecule has 0 aromatic heterocycles. The van der Waals surface area contributed by atoms with Crippen LogP contribution in [0.25, 0.3) is 0 Å². The number of carbonyl (C=O) groups is 1. The second kappa shape index (κ2) is 7.29. The number of thioether (sulfide) groups is 1. The minimum absolute atomic E-state index is 0.122. The maximum atomic E-state index is 12.2. The number of halogens is 1. The van der Waals surface area contributed by atoms with E-state index < -0.39 is 4.92 Å². The van der Waals surface area contributed by atoms with E-state index in [1.807, 2.05) is 30.3 Å². The molecule has 0 bridgehead atoms. The Balaban J connectivity index is 2.08. The van der Waals surface area contributed by atoms with Crippen molar-refractivity contribution in [3.63, 3.8) is 0 Å². The van der Waals surface area contributed by atoms with Gasteiger partial charge in [-0.15, -0.1) is 11.8 Å². The van der Waals surface area contributed by atoms with Crippen LogP contribution >= 0.6 is 23.4 Å². The Morgan fingerprint density at radius 2 is 1.95 bits per heavy atom. The van der Waals surface area contributed by atoms with Crippen LogP contribution in [-0.4, -0.2) is 16.1 Å². The van der Waals surface area contributed by atoms with Crippen molar-refractivity contribution in [1.29, 1.82) is 0 Å². The standard InChI is InChI=1S/C15H13ClN2O3S/c1-10(22-12-5-3-2-4-6-12)15(19)17-14-9-11(18(20)21)7-8-13(14)16/h2-10H,1H3,(H,17,19)/t10-/m1/s1. The third-order valence-electron chi connectivity index (χ3n) is 2.84. The Hall–Kier alpha value is -2.05. The van der Waals surface area contributed by atoms with E-state index in [1.165, 1.54) is 30.0 Å². The van der Waals surface area contributed by atoms with Gasteiger partial charge in [0.15, 0.2) is 0 Å². The number of nitrogens with one attached hydrogen (secondary N) is 1. The zero-order valence-corrected chi connectivity index (χ0v) is 13.2. The molecule has 0 fully saturated rings. The summed E-state index contributed by atoms with van der Waals surface area (Å²) in [7, 11) is 0. The molecule has 0 aliphatic carbocycles. The summed E-state index contributed by atoms with van der Waals surface area (Å²) in [5.41, 5.74) is 0.115. The molecule has 22 heavy (non-hydrogen) atoms. The molecular weight excluding hydrogens is 324 g/mol. The minimum Gasteiger partial charge on any atom is -0.324 e. The monoisotopic (exact) mass is 336 g/mol. The first-order valence-electron chi connectivity index (χ1n) is 6.44. The van der Waals surface area contributed by atoms with E-state index in [0.29, 0.717) is 0 Å². The highest BCUT2D eigenvalue weighted by Gasteiger charge is 2.17. The highest BCUT2D eigenvalue weighted by atomic mass is 35.5. The lowest BCUT2D eigenvalue weighted by Crippen LogP contribution is -2.22. The number of non-ortho nitro benzene ring substituents is 1. The fourth-order valence-corrected chi connectivity index (χ4v) is 2.77. The highest BCUT2D eigenvalue weighted by molar-refractivity contribution is 8.00. The van der Waals surface area contributed by atoms with Gasteiger partial charge in [-0.05, 0) is 25.1 Å².